The third-order valence-corrected chi connectivity index (χ3v) is 3.19. The van der Waals surface area contributed by atoms with Crippen molar-refractivity contribution in [2.24, 2.45) is 5.92 Å². The lowest BCUT2D eigenvalue weighted by Gasteiger charge is -2.39. The predicted molar refractivity (Wildman–Crippen MR) is 64.8 cm³/mol. The average Bonchev–Trinajstić information content (AvgIpc) is 2.27. The molecule has 2 heteroatoms. The number of nitriles is 1. The standard InChI is InChI=1S/C14H18N2/c1-2-4-14-10-16(11-14)9-13-6-3-5-12(7-13)8-15/h3,5-7,14H,2,4,9-11H2,1H3. The van der Waals surface area contributed by atoms with E-state index in [0.717, 1.165) is 18.0 Å². The molecule has 1 aliphatic heterocycles. The van der Waals surface area contributed by atoms with E-state index in [1.54, 1.807) is 0 Å². The topological polar surface area (TPSA) is 27.0 Å². The summed E-state index contributed by atoms with van der Waals surface area (Å²) in [5.41, 5.74) is 2.03. The second-order valence-corrected chi connectivity index (χ2v) is 4.66. The Hall–Kier alpha value is -1.33. The number of rotatable bonds is 4. The predicted octanol–water partition coefficient (Wildman–Crippen LogP) is 2.79. The van der Waals surface area contributed by atoms with E-state index in [-0.39, 0.29) is 0 Å². The average molecular weight is 214 g/mol. The number of likely N-dealkylation sites (tertiary alicyclic amines) is 1. The number of hydrogen-bond donors (Lipinski definition) is 0. The van der Waals surface area contributed by atoms with E-state index < -0.39 is 0 Å². The van der Waals surface area contributed by atoms with Crippen molar-refractivity contribution >= 4 is 0 Å². The van der Waals surface area contributed by atoms with Crippen LogP contribution < -0.4 is 0 Å². The quantitative estimate of drug-likeness (QED) is 0.770. The van der Waals surface area contributed by atoms with Crippen LogP contribution >= 0.6 is 0 Å². The minimum absolute atomic E-state index is 0.767. The third kappa shape index (κ3) is 2.62. The van der Waals surface area contributed by atoms with Crippen LogP contribution in [0.3, 0.4) is 0 Å². The van der Waals surface area contributed by atoms with Crippen LogP contribution in [0.2, 0.25) is 0 Å². The summed E-state index contributed by atoms with van der Waals surface area (Å²) in [6.07, 6.45) is 2.65. The largest absolute Gasteiger partial charge is 0.298 e. The maximum Gasteiger partial charge on any atom is 0.0991 e. The van der Waals surface area contributed by atoms with Gasteiger partial charge in [0, 0.05) is 19.6 Å². The summed E-state index contributed by atoms with van der Waals surface area (Å²) in [5.74, 6) is 0.907. The Bertz CT molecular complexity index is 386. The molecule has 0 aromatic heterocycles. The Kier molecular flexibility index (Phi) is 3.58. The summed E-state index contributed by atoms with van der Waals surface area (Å²) in [4.78, 5) is 2.46. The molecule has 1 aromatic rings. The van der Waals surface area contributed by atoms with Crippen LogP contribution in [0.15, 0.2) is 24.3 Å². The maximum absolute atomic E-state index is 8.82. The highest BCUT2D eigenvalue weighted by Crippen LogP contribution is 2.22. The number of nitrogens with zero attached hydrogens (tertiary/aromatic N) is 2. The van der Waals surface area contributed by atoms with E-state index in [0.29, 0.717) is 0 Å². The molecule has 0 N–H and O–H groups in total. The summed E-state index contributed by atoms with van der Waals surface area (Å²) in [5, 5.41) is 8.82. The molecule has 0 spiro atoms. The van der Waals surface area contributed by atoms with Gasteiger partial charge in [-0.3, -0.25) is 4.90 Å². The van der Waals surface area contributed by atoms with Crippen LogP contribution in [0.25, 0.3) is 0 Å². The van der Waals surface area contributed by atoms with Crippen molar-refractivity contribution in [1.82, 2.24) is 4.90 Å². The van der Waals surface area contributed by atoms with Gasteiger partial charge in [-0.1, -0.05) is 25.5 Å². The molecule has 0 bridgehead atoms. The lowest BCUT2D eigenvalue weighted by molar-refractivity contribution is 0.0860. The van der Waals surface area contributed by atoms with Gasteiger partial charge >= 0.3 is 0 Å². The first-order valence-electron chi connectivity index (χ1n) is 6.03. The summed E-state index contributed by atoms with van der Waals surface area (Å²) in [7, 11) is 0. The third-order valence-electron chi connectivity index (χ3n) is 3.19. The monoisotopic (exact) mass is 214 g/mol. The van der Waals surface area contributed by atoms with Gasteiger partial charge in [0.1, 0.15) is 0 Å². The van der Waals surface area contributed by atoms with Gasteiger partial charge in [0.25, 0.3) is 0 Å². The molecule has 1 heterocycles. The fourth-order valence-corrected chi connectivity index (χ4v) is 2.39. The van der Waals surface area contributed by atoms with Crippen molar-refractivity contribution in [2.75, 3.05) is 13.1 Å². The molecule has 0 saturated carbocycles. The second-order valence-electron chi connectivity index (χ2n) is 4.66. The Morgan fingerprint density at radius 1 is 1.44 bits per heavy atom. The first kappa shape index (κ1) is 11.2. The van der Waals surface area contributed by atoms with E-state index >= 15 is 0 Å². The smallest absolute Gasteiger partial charge is 0.0991 e. The van der Waals surface area contributed by atoms with Gasteiger partial charge in [0.15, 0.2) is 0 Å². The van der Waals surface area contributed by atoms with E-state index in [1.807, 2.05) is 18.2 Å². The first-order valence-corrected chi connectivity index (χ1v) is 6.03. The van der Waals surface area contributed by atoms with Gasteiger partial charge in [0.2, 0.25) is 0 Å². The molecule has 2 rings (SSSR count). The molecule has 84 valence electrons. The van der Waals surface area contributed by atoms with Crippen LogP contribution in [0.4, 0.5) is 0 Å². The van der Waals surface area contributed by atoms with Gasteiger partial charge in [-0.15, -0.1) is 0 Å². The minimum atomic E-state index is 0.767. The summed E-state index contributed by atoms with van der Waals surface area (Å²) >= 11 is 0. The highest BCUT2D eigenvalue weighted by molar-refractivity contribution is 5.32. The van der Waals surface area contributed by atoms with Crippen LogP contribution in [0.1, 0.15) is 30.9 Å². The molecule has 0 amide bonds. The van der Waals surface area contributed by atoms with Crippen LogP contribution in [0.5, 0.6) is 0 Å². The zero-order valence-corrected chi connectivity index (χ0v) is 9.82. The first-order chi connectivity index (χ1) is 7.81. The van der Waals surface area contributed by atoms with E-state index in [9.17, 15) is 0 Å². The second kappa shape index (κ2) is 5.14. The number of hydrogen-bond acceptors (Lipinski definition) is 2. The Balaban J connectivity index is 1.85. The van der Waals surface area contributed by atoms with Crippen molar-refractivity contribution in [1.29, 1.82) is 5.26 Å². The van der Waals surface area contributed by atoms with Gasteiger partial charge < -0.3 is 0 Å². The molecule has 16 heavy (non-hydrogen) atoms. The molecular weight excluding hydrogens is 196 g/mol. The highest BCUT2D eigenvalue weighted by atomic mass is 15.2. The highest BCUT2D eigenvalue weighted by Gasteiger charge is 2.25. The van der Waals surface area contributed by atoms with Crippen molar-refractivity contribution < 1.29 is 0 Å². The van der Waals surface area contributed by atoms with Gasteiger partial charge in [-0.25, -0.2) is 0 Å². The Morgan fingerprint density at radius 3 is 2.94 bits per heavy atom. The van der Waals surface area contributed by atoms with Crippen molar-refractivity contribution in [3.8, 4) is 6.07 Å². The lowest BCUT2D eigenvalue weighted by Crippen LogP contribution is -2.45. The van der Waals surface area contributed by atoms with Crippen LogP contribution in [-0.4, -0.2) is 18.0 Å². The van der Waals surface area contributed by atoms with E-state index in [2.05, 4.69) is 24.0 Å². The van der Waals surface area contributed by atoms with Crippen molar-refractivity contribution in [3.63, 3.8) is 0 Å². The fraction of sp³-hybridized carbons (Fsp3) is 0.500. The van der Waals surface area contributed by atoms with Crippen molar-refractivity contribution in [2.45, 2.75) is 26.3 Å². The van der Waals surface area contributed by atoms with Crippen LogP contribution in [0, 0.1) is 17.2 Å². The summed E-state index contributed by atoms with van der Waals surface area (Å²) in [6, 6.07) is 10.1. The molecule has 1 aliphatic rings. The van der Waals surface area contributed by atoms with E-state index in [1.165, 1.54) is 31.5 Å². The molecule has 0 aliphatic carbocycles. The fourth-order valence-electron chi connectivity index (χ4n) is 2.39. The SMILES string of the molecule is CCCC1CN(Cc2cccc(C#N)c2)C1. The van der Waals surface area contributed by atoms with E-state index in [4.69, 9.17) is 5.26 Å². The molecule has 1 fully saturated rings. The molecule has 1 saturated heterocycles. The van der Waals surface area contributed by atoms with Gasteiger partial charge in [-0.2, -0.15) is 5.26 Å². The minimum Gasteiger partial charge on any atom is -0.298 e. The van der Waals surface area contributed by atoms with Gasteiger partial charge in [0.05, 0.1) is 11.6 Å². The molecule has 2 nitrogen and oxygen atoms in total. The number of benzene rings is 1. The summed E-state index contributed by atoms with van der Waals surface area (Å²) < 4.78 is 0. The zero-order chi connectivity index (χ0) is 11.4. The molecule has 0 radical (unpaired) electrons. The summed E-state index contributed by atoms with van der Waals surface area (Å²) in [6.45, 7) is 5.70. The molecular formula is C14H18N2. The van der Waals surface area contributed by atoms with Gasteiger partial charge in [-0.05, 0) is 30.0 Å². The Morgan fingerprint density at radius 2 is 2.25 bits per heavy atom. The maximum atomic E-state index is 8.82. The zero-order valence-electron chi connectivity index (χ0n) is 9.82. The molecule has 1 aromatic carbocycles. The van der Waals surface area contributed by atoms with Crippen molar-refractivity contribution in [3.05, 3.63) is 35.4 Å². The lowest BCUT2D eigenvalue weighted by atomic mass is 9.94. The van der Waals surface area contributed by atoms with Crippen LogP contribution in [-0.2, 0) is 6.54 Å². The molecule has 0 unspecified atom stereocenters. The Labute approximate surface area is 97.5 Å². The molecule has 0 atom stereocenters. The normalized spacial score (nSPS) is 16.8.